The highest BCUT2D eigenvalue weighted by atomic mass is 16.7. The molecule has 1 saturated carbocycles. The van der Waals surface area contributed by atoms with E-state index in [1.807, 2.05) is 42.9 Å². The normalized spacial score (nSPS) is 20.3. The van der Waals surface area contributed by atoms with Crippen LogP contribution in [0.3, 0.4) is 0 Å². The second kappa shape index (κ2) is 11.3. The van der Waals surface area contributed by atoms with Crippen molar-refractivity contribution in [3.05, 3.63) is 96.4 Å². The number of benzene rings is 1. The molecule has 0 bridgehead atoms. The summed E-state index contributed by atoms with van der Waals surface area (Å²) in [6, 6.07) is 12.2. The van der Waals surface area contributed by atoms with Gasteiger partial charge in [0.25, 0.3) is 0 Å². The lowest BCUT2D eigenvalue weighted by molar-refractivity contribution is 0.271. The van der Waals surface area contributed by atoms with Crippen LogP contribution in [0, 0.1) is 5.92 Å². The number of pyridine rings is 1. The topological polar surface area (TPSA) is 74.1 Å². The number of hydrazone groups is 1. The molecule has 3 aliphatic rings. The van der Waals surface area contributed by atoms with Crippen molar-refractivity contribution >= 4 is 23.3 Å². The molecule has 190 valence electrons. The van der Waals surface area contributed by atoms with Crippen molar-refractivity contribution in [3.8, 4) is 5.88 Å². The minimum Gasteiger partial charge on any atom is -0.362 e. The minimum atomic E-state index is -0.0510. The first-order valence-corrected chi connectivity index (χ1v) is 12.9. The van der Waals surface area contributed by atoms with Gasteiger partial charge in [-0.25, -0.2) is 10.5 Å². The van der Waals surface area contributed by atoms with Crippen LogP contribution in [-0.2, 0) is 0 Å². The summed E-state index contributed by atoms with van der Waals surface area (Å²) in [5, 5.41) is 4.36. The number of hydrogen-bond acceptors (Lipinski definition) is 7. The Labute approximate surface area is 219 Å². The van der Waals surface area contributed by atoms with Crippen molar-refractivity contribution < 1.29 is 4.84 Å². The Balaban J connectivity index is 1.26. The third-order valence-corrected chi connectivity index (χ3v) is 7.06. The quantitative estimate of drug-likeness (QED) is 0.227. The SMILES string of the molecule is C=C/C(=C\N=C(/C)C1CC1)c1ccnc(ONc2cccc(C3NN=CN3[C@@H](C)C3=CC=CCC3)c2)c1. The van der Waals surface area contributed by atoms with Crippen LogP contribution in [0.1, 0.15) is 56.8 Å². The maximum absolute atomic E-state index is 5.85. The molecule has 1 aromatic carbocycles. The van der Waals surface area contributed by atoms with Gasteiger partial charge in [0.2, 0.25) is 5.88 Å². The van der Waals surface area contributed by atoms with Gasteiger partial charge in [0.15, 0.2) is 0 Å². The van der Waals surface area contributed by atoms with Crippen LogP contribution >= 0.6 is 0 Å². The van der Waals surface area contributed by atoms with Gasteiger partial charge in [-0.2, -0.15) is 5.10 Å². The van der Waals surface area contributed by atoms with Gasteiger partial charge in [0, 0.05) is 24.2 Å². The highest BCUT2D eigenvalue weighted by Gasteiger charge is 2.28. The molecule has 2 aromatic rings. The van der Waals surface area contributed by atoms with Crippen LogP contribution in [0.25, 0.3) is 5.57 Å². The molecule has 2 N–H and O–H groups in total. The highest BCUT2D eigenvalue weighted by molar-refractivity contribution is 5.88. The van der Waals surface area contributed by atoms with Crippen molar-refractivity contribution in [2.45, 2.75) is 51.7 Å². The molecular formula is C30H34N6O. The molecule has 0 saturated heterocycles. The van der Waals surface area contributed by atoms with Gasteiger partial charge in [0.1, 0.15) is 12.5 Å². The first-order valence-electron chi connectivity index (χ1n) is 12.9. The summed E-state index contributed by atoms with van der Waals surface area (Å²) in [4.78, 5) is 17.1. The fourth-order valence-electron chi connectivity index (χ4n) is 4.59. The molecule has 37 heavy (non-hydrogen) atoms. The van der Waals surface area contributed by atoms with Gasteiger partial charge in [-0.1, -0.05) is 43.0 Å². The van der Waals surface area contributed by atoms with Gasteiger partial charge in [-0.3, -0.25) is 10.4 Å². The van der Waals surface area contributed by atoms with Gasteiger partial charge in [-0.15, -0.1) is 0 Å². The average molecular weight is 495 g/mol. The summed E-state index contributed by atoms with van der Waals surface area (Å²) >= 11 is 0. The molecule has 0 radical (unpaired) electrons. The number of aliphatic imine (C=N–C) groups is 1. The average Bonchev–Trinajstić information content (AvgIpc) is 3.69. The molecular weight excluding hydrogens is 460 g/mol. The number of anilines is 1. The predicted octanol–water partition coefficient (Wildman–Crippen LogP) is 6.40. The van der Waals surface area contributed by atoms with Crippen molar-refractivity contribution in [1.29, 1.82) is 0 Å². The third-order valence-electron chi connectivity index (χ3n) is 7.06. The molecule has 1 fully saturated rings. The minimum absolute atomic E-state index is 0.0510. The molecule has 1 aromatic heterocycles. The smallest absolute Gasteiger partial charge is 0.246 e. The van der Waals surface area contributed by atoms with E-state index < -0.39 is 0 Å². The molecule has 0 spiro atoms. The van der Waals surface area contributed by atoms with Crippen LogP contribution in [0.4, 0.5) is 5.69 Å². The Morgan fingerprint density at radius 2 is 2.19 bits per heavy atom. The first kappa shape index (κ1) is 24.6. The molecule has 2 atom stereocenters. The van der Waals surface area contributed by atoms with E-state index in [1.165, 1.54) is 24.1 Å². The lowest BCUT2D eigenvalue weighted by atomic mass is 9.97. The molecule has 2 aliphatic carbocycles. The van der Waals surface area contributed by atoms with E-state index in [9.17, 15) is 0 Å². The van der Waals surface area contributed by atoms with Crippen LogP contribution in [-0.4, -0.2) is 28.0 Å². The Hall–Kier alpha value is -4.13. The predicted molar refractivity (Wildman–Crippen MR) is 151 cm³/mol. The van der Waals surface area contributed by atoms with E-state index in [-0.39, 0.29) is 12.2 Å². The summed E-state index contributed by atoms with van der Waals surface area (Å²) < 4.78 is 0. The van der Waals surface area contributed by atoms with Crippen LogP contribution < -0.4 is 15.7 Å². The Bertz CT molecular complexity index is 1290. The molecule has 7 heteroatoms. The van der Waals surface area contributed by atoms with Crippen molar-refractivity contribution in [2.24, 2.45) is 16.0 Å². The monoisotopic (exact) mass is 494 g/mol. The summed E-state index contributed by atoms with van der Waals surface area (Å²) in [5.74, 6) is 1.11. The summed E-state index contributed by atoms with van der Waals surface area (Å²) in [7, 11) is 0. The fraction of sp³-hybridized carbons (Fsp3) is 0.300. The number of rotatable bonds is 10. The number of nitrogens with zero attached hydrogens (tertiary/aromatic N) is 4. The molecule has 5 rings (SSSR count). The summed E-state index contributed by atoms with van der Waals surface area (Å²) in [6.07, 6.45) is 18.5. The number of nitrogens with one attached hydrogen (secondary N) is 2. The summed E-state index contributed by atoms with van der Waals surface area (Å²) in [5.41, 5.74) is 12.7. The van der Waals surface area contributed by atoms with E-state index in [4.69, 9.17) is 4.84 Å². The second-order valence-electron chi connectivity index (χ2n) is 9.65. The third kappa shape index (κ3) is 6.00. The first-order chi connectivity index (χ1) is 18.1. The van der Waals surface area contributed by atoms with E-state index in [0.29, 0.717) is 11.8 Å². The molecule has 1 aliphatic heterocycles. The molecule has 2 heterocycles. The van der Waals surface area contributed by atoms with E-state index in [0.717, 1.165) is 35.2 Å². The zero-order chi connectivity index (χ0) is 25.6. The van der Waals surface area contributed by atoms with E-state index in [2.05, 4.69) is 81.7 Å². The summed E-state index contributed by atoms with van der Waals surface area (Å²) in [6.45, 7) is 8.27. The van der Waals surface area contributed by atoms with Gasteiger partial charge in [0.05, 0.1) is 11.7 Å². The largest absolute Gasteiger partial charge is 0.362 e. The Morgan fingerprint density at radius 3 is 2.97 bits per heavy atom. The van der Waals surface area contributed by atoms with Crippen LogP contribution in [0.5, 0.6) is 5.88 Å². The zero-order valence-electron chi connectivity index (χ0n) is 21.5. The van der Waals surface area contributed by atoms with Gasteiger partial charge < -0.3 is 9.74 Å². The van der Waals surface area contributed by atoms with Crippen LogP contribution in [0.2, 0.25) is 0 Å². The lowest BCUT2D eigenvalue weighted by Gasteiger charge is -2.32. The van der Waals surface area contributed by atoms with Gasteiger partial charge >= 0.3 is 0 Å². The molecule has 0 amide bonds. The number of aromatic nitrogens is 1. The van der Waals surface area contributed by atoms with Gasteiger partial charge in [-0.05, 0) is 85.9 Å². The van der Waals surface area contributed by atoms with Crippen molar-refractivity contribution in [2.75, 3.05) is 5.48 Å². The van der Waals surface area contributed by atoms with E-state index in [1.54, 1.807) is 6.20 Å². The fourth-order valence-corrected chi connectivity index (χ4v) is 4.59. The Kier molecular flexibility index (Phi) is 7.49. The van der Waals surface area contributed by atoms with Crippen molar-refractivity contribution in [1.82, 2.24) is 15.3 Å². The molecule has 1 unspecified atom stereocenters. The van der Waals surface area contributed by atoms with Crippen molar-refractivity contribution in [3.63, 3.8) is 0 Å². The van der Waals surface area contributed by atoms with Crippen LogP contribution in [0.15, 0.2) is 95.3 Å². The van der Waals surface area contributed by atoms with E-state index >= 15 is 0 Å². The standard InChI is InChI=1S/C30H34N6O/c1-4-23(19-32-21(2)24-13-14-24)26-15-16-31-29(18-26)37-35-28-12-8-11-27(17-28)30-34-33-20-36(30)22(3)25-9-6-5-7-10-25/h4-6,8-9,11-12,15-20,22,24,30,34-35H,1,7,10,13-14H2,2-3H3/b23-19+,32-21+/t22-,30?/m0/s1. The second-order valence-corrected chi connectivity index (χ2v) is 9.65. The number of allylic oxidation sites excluding steroid dienone is 5. The molecule has 7 nitrogen and oxygen atoms in total. The zero-order valence-corrected chi connectivity index (χ0v) is 21.5. The lowest BCUT2D eigenvalue weighted by Crippen LogP contribution is -2.37. The Morgan fingerprint density at radius 1 is 1.30 bits per heavy atom. The highest BCUT2D eigenvalue weighted by Crippen LogP contribution is 2.31. The number of hydrogen-bond donors (Lipinski definition) is 2. The maximum atomic E-state index is 5.85. The maximum Gasteiger partial charge on any atom is 0.246 e.